The average Bonchev–Trinajstić information content (AvgIpc) is 2.35. The van der Waals surface area contributed by atoms with Crippen LogP contribution in [0.15, 0.2) is 30.3 Å². The predicted molar refractivity (Wildman–Crippen MR) is 68.9 cm³/mol. The van der Waals surface area contributed by atoms with Crippen molar-refractivity contribution >= 4 is 16.8 Å². The van der Waals surface area contributed by atoms with Gasteiger partial charge in [0.25, 0.3) is 0 Å². The summed E-state index contributed by atoms with van der Waals surface area (Å²) in [7, 11) is 1.65. The number of aromatic nitrogens is 1. The Morgan fingerprint density at radius 1 is 1.29 bits per heavy atom. The van der Waals surface area contributed by atoms with Crippen molar-refractivity contribution in [3.05, 3.63) is 41.6 Å². The summed E-state index contributed by atoms with van der Waals surface area (Å²) in [6.45, 7) is 2.07. The molecule has 1 aromatic carbocycles. The number of fused-ring (bicyclic) bond motifs is 1. The van der Waals surface area contributed by atoms with Crippen molar-refractivity contribution in [2.45, 2.75) is 19.8 Å². The minimum absolute atomic E-state index is 0.0517. The van der Waals surface area contributed by atoms with Crippen molar-refractivity contribution < 1.29 is 4.79 Å². The van der Waals surface area contributed by atoms with E-state index in [0.717, 1.165) is 16.6 Å². The van der Waals surface area contributed by atoms with E-state index in [1.807, 2.05) is 12.1 Å². The number of hydrogen-bond donors (Lipinski definition) is 1. The second kappa shape index (κ2) is 4.95. The first-order valence-corrected chi connectivity index (χ1v) is 5.76. The van der Waals surface area contributed by atoms with E-state index in [4.69, 9.17) is 0 Å². The molecule has 0 aliphatic rings. The molecule has 2 rings (SSSR count). The lowest BCUT2D eigenvalue weighted by Gasteiger charge is -2.03. The summed E-state index contributed by atoms with van der Waals surface area (Å²) < 4.78 is 0. The molecule has 2 aromatic rings. The SMILES string of the molecule is CNC(=O)CCc1ccc2cc(C)ccc2n1. The molecule has 0 atom stereocenters. The fourth-order valence-corrected chi connectivity index (χ4v) is 1.79. The molecule has 3 nitrogen and oxygen atoms in total. The number of hydrogen-bond acceptors (Lipinski definition) is 2. The smallest absolute Gasteiger partial charge is 0.220 e. The second-order valence-corrected chi connectivity index (χ2v) is 4.17. The van der Waals surface area contributed by atoms with Gasteiger partial charge in [-0.05, 0) is 31.5 Å². The molecule has 0 saturated heterocycles. The van der Waals surface area contributed by atoms with Gasteiger partial charge in [-0.2, -0.15) is 0 Å². The normalized spacial score (nSPS) is 10.5. The third kappa shape index (κ3) is 2.81. The molecule has 0 aliphatic heterocycles. The summed E-state index contributed by atoms with van der Waals surface area (Å²) in [4.78, 5) is 15.7. The second-order valence-electron chi connectivity index (χ2n) is 4.17. The lowest BCUT2D eigenvalue weighted by Crippen LogP contribution is -2.18. The van der Waals surface area contributed by atoms with Crippen LogP contribution in [0.25, 0.3) is 10.9 Å². The first-order chi connectivity index (χ1) is 8.19. The highest BCUT2D eigenvalue weighted by molar-refractivity contribution is 5.79. The monoisotopic (exact) mass is 228 g/mol. The Kier molecular flexibility index (Phi) is 3.38. The van der Waals surface area contributed by atoms with E-state index in [-0.39, 0.29) is 5.91 Å². The molecule has 1 heterocycles. The molecule has 3 heteroatoms. The van der Waals surface area contributed by atoms with Crippen LogP contribution in [0.1, 0.15) is 17.7 Å². The zero-order valence-electron chi connectivity index (χ0n) is 10.2. The number of nitrogens with one attached hydrogen (secondary N) is 1. The van der Waals surface area contributed by atoms with Gasteiger partial charge >= 0.3 is 0 Å². The summed E-state index contributed by atoms with van der Waals surface area (Å²) in [6.07, 6.45) is 1.17. The Balaban J connectivity index is 2.20. The van der Waals surface area contributed by atoms with Crippen LogP contribution in [-0.4, -0.2) is 17.9 Å². The minimum Gasteiger partial charge on any atom is -0.359 e. The molecule has 0 bridgehead atoms. The van der Waals surface area contributed by atoms with Crippen LogP contribution in [0.5, 0.6) is 0 Å². The van der Waals surface area contributed by atoms with E-state index in [0.29, 0.717) is 12.8 Å². The number of pyridine rings is 1. The van der Waals surface area contributed by atoms with Gasteiger partial charge < -0.3 is 5.32 Å². The number of nitrogens with zero attached hydrogens (tertiary/aromatic N) is 1. The van der Waals surface area contributed by atoms with Crippen LogP contribution >= 0.6 is 0 Å². The van der Waals surface area contributed by atoms with Crippen LogP contribution in [0.3, 0.4) is 0 Å². The van der Waals surface area contributed by atoms with Crippen molar-refractivity contribution in [1.82, 2.24) is 10.3 Å². The number of aryl methyl sites for hydroxylation is 2. The Bertz CT molecular complexity index is 549. The fraction of sp³-hybridized carbons (Fsp3) is 0.286. The highest BCUT2D eigenvalue weighted by atomic mass is 16.1. The van der Waals surface area contributed by atoms with Crippen LogP contribution < -0.4 is 5.32 Å². The van der Waals surface area contributed by atoms with Crippen LogP contribution in [0.4, 0.5) is 0 Å². The van der Waals surface area contributed by atoms with E-state index < -0.39 is 0 Å². The first kappa shape index (κ1) is 11.6. The quantitative estimate of drug-likeness (QED) is 0.875. The van der Waals surface area contributed by atoms with Gasteiger partial charge in [0, 0.05) is 24.5 Å². The Morgan fingerprint density at radius 3 is 2.88 bits per heavy atom. The molecule has 1 N–H and O–H groups in total. The maximum Gasteiger partial charge on any atom is 0.220 e. The molecule has 0 unspecified atom stereocenters. The Morgan fingerprint density at radius 2 is 2.12 bits per heavy atom. The molecular weight excluding hydrogens is 212 g/mol. The van der Waals surface area contributed by atoms with E-state index in [1.165, 1.54) is 5.56 Å². The first-order valence-electron chi connectivity index (χ1n) is 5.76. The van der Waals surface area contributed by atoms with Gasteiger partial charge in [0.2, 0.25) is 5.91 Å². The predicted octanol–water partition coefficient (Wildman–Crippen LogP) is 2.22. The van der Waals surface area contributed by atoms with Gasteiger partial charge in [0.05, 0.1) is 5.52 Å². The minimum atomic E-state index is 0.0517. The molecule has 1 amide bonds. The van der Waals surface area contributed by atoms with Gasteiger partial charge in [-0.1, -0.05) is 17.7 Å². The molecule has 0 radical (unpaired) electrons. The average molecular weight is 228 g/mol. The topological polar surface area (TPSA) is 42.0 Å². The molecule has 0 spiro atoms. The Hall–Kier alpha value is -1.90. The van der Waals surface area contributed by atoms with Gasteiger partial charge in [0.1, 0.15) is 0 Å². The molecular formula is C14H16N2O. The lowest BCUT2D eigenvalue weighted by atomic mass is 10.1. The van der Waals surface area contributed by atoms with Crippen LogP contribution in [0.2, 0.25) is 0 Å². The lowest BCUT2D eigenvalue weighted by molar-refractivity contribution is -0.120. The summed E-state index contributed by atoms with van der Waals surface area (Å²) in [5.74, 6) is 0.0517. The van der Waals surface area contributed by atoms with Crippen LogP contribution in [-0.2, 0) is 11.2 Å². The van der Waals surface area contributed by atoms with Crippen molar-refractivity contribution in [2.75, 3.05) is 7.05 Å². The maximum absolute atomic E-state index is 11.2. The summed E-state index contributed by atoms with van der Waals surface area (Å²) in [5.41, 5.74) is 3.19. The molecule has 1 aromatic heterocycles. The molecule has 88 valence electrons. The van der Waals surface area contributed by atoms with Crippen LogP contribution in [0, 0.1) is 6.92 Å². The molecule has 0 fully saturated rings. The van der Waals surface area contributed by atoms with Crippen molar-refractivity contribution in [3.8, 4) is 0 Å². The van der Waals surface area contributed by atoms with E-state index in [9.17, 15) is 4.79 Å². The number of rotatable bonds is 3. The summed E-state index contributed by atoms with van der Waals surface area (Å²) in [6, 6.07) is 10.2. The van der Waals surface area contributed by atoms with Gasteiger partial charge in [0.15, 0.2) is 0 Å². The zero-order chi connectivity index (χ0) is 12.3. The van der Waals surface area contributed by atoms with Crippen molar-refractivity contribution in [2.24, 2.45) is 0 Å². The number of benzene rings is 1. The van der Waals surface area contributed by atoms with Gasteiger partial charge in [-0.15, -0.1) is 0 Å². The zero-order valence-corrected chi connectivity index (χ0v) is 10.2. The van der Waals surface area contributed by atoms with E-state index in [2.05, 4.69) is 35.4 Å². The summed E-state index contributed by atoms with van der Waals surface area (Å²) in [5, 5.41) is 3.76. The van der Waals surface area contributed by atoms with E-state index >= 15 is 0 Å². The molecule has 0 saturated carbocycles. The van der Waals surface area contributed by atoms with Crippen molar-refractivity contribution in [3.63, 3.8) is 0 Å². The van der Waals surface area contributed by atoms with Gasteiger partial charge in [-0.25, -0.2) is 0 Å². The fourth-order valence-electron chi connectivity index (χ4n) is 1.79. The maximum atomic E-state index is 11.2. The highest BCUT2D eigenvalue weighted by Crippen LogP contribution is 2.15. The Labute approximate surface area is 101 Å². The highest BCUT2D eigenvalue weighted by Gasteiger charge is 2.02. The third-order valence-electron chi connectivity index (χ3n) is 2.79. The van der Waals surface area contributed by atoms with Crippen molar-refractivity contribution in [1.29, 1.82) is 0 Å². The van der Waals surface area contributed by atoms with E-state index in [1.54, 1.807) is 7.05 Å². The molecule has 0 aliphatic carbocycles. The number of carbonyl (C=O) groups excluding carboxylic acids is 1. The number of amides is 1. The van der Waals surface area contributed by atoms with Gasteiger partial charge in [-0.3, -0.25) is 9.78 Å². The number of carbonyl (C=O) groups is 1. The summed E-state index contributed by atoms with van der Waals surface area (Å²) >= 11 is 0. The standard InChI is InChI=1S/C14H16N2O/c1-10-3-7-13-11(9-10)4-5-12(16-13)6-8-14(17)15-2/h3-5,7,9H,6,8H2,1-2H3,(H,15,17). The third-order valence-corrected chi connectivity index (χ3v) is 2.79. The largest absolute Gasteiger partial charge is 0.359 e. The molecule has 17 heavy (non-hydrogen) atoms.